The third kappa shape index (κ3) is 2.96. The van der Waals surface area contributed by atoms with Crippen LogP contribution in [0.15, 0.2) is 24.3 Å². The van der Waals surface area contributed by atoms with Gasteiger partial charge in [0.2, 0.25) is 5.13 Å². The van der Waals surface area contributed by atoms with E-state index in [-0.39, 0.29) is 0 Å². The van der Waals surface area contributed by atoms with Crippen molar-refractivity contribution in [3.05, 3.63) is 29.3 Å². The maximum absolute atomic E-state index is 11.2. The molecule has 0 saturated heterocycles. The first-order chi connectivity index (χ1) is 8.70. The van der Waals surface area contributed by atoms with Gasteiger partial charge >= 0.3 is 6.09 Å². The number of benzene rings is 1. The number of nitrogens with zero attached hydrogens (tertiary/aromatic N) is 2. The Labute approximate surface area is 113 Å². The summed E-state index contributed by atoms with van der Waals surface area (Å²) in [5.41, 5.74) is 0.786. The summed E-state index contributed by atoms with van der Waals surface area (Å²) in [6.45, 7) is 2.04. The summed E-state index contributed by atoms with van der Waals surface area (Å²) >= 11 is 7.29. The lowest BCUT2D eigenvalue weighted by Crippen LogP contribution is -2.12. The van der Waals surface area contributed by atoms with Crippen LogP contribution < -0.4 is 5.32 Å². The number of hydrogen-bond donors (Lipinski definition) is 1. The van der Waals surface area contributed by atoms with E-state index in [1.165, 1.54) is 11.3 Å². The molecule has 0 aliphatic heterocycles. The van der Waals surface area contributed by atoms with Crippen molar-refractivity contribution in [3.63, 3.8) is 0 Å². The number of aromatic nitrogens is 2. The number of amides is 1. The molecule has 5 nitrogen and oxygen atoms in total. The van der Waals surface area contributed by atoms with E-state index in [1.54, 1.807) is 13.0 Å². The Morgan fingerprint density at radius 3 is 2.94 bits per heavy atom. The summed E-state index contributed by atoms with van der Waals surface area (Å²) < 4.78 is 4.75. The van der Waals surface area contributed by atoms with Crippen LogP contribution in [-0.4, -0.2) is 22.9 Å². The molecule has 1 N–H and O–H groups in total. The lowest BCUT2D eigenvalue weighted by atomic mass is 10.2. The molecule has 1 heterocycles. The second-order valence-corrected chi connectivity index (χ2v) is 4.62. The van der Waals surface area contributed by atoms with Gasteiger partial charge in [-0.2, -0.15) is 0 Å². The third-order valence-corrected chi connectivity index (χ3v) is 3.22. The van der Waals surface area contributed by atoms with Crippen molar-refractivity contribution < 1.29 is 9.53 Å². The number of hydrogen-bond acceptors (Lipinski definition) is 5. The van der Waals surface area contributed by atoms with E-state index in [1.807, 2.05) is 18.2 Å². The van der Waals surface area contributed by atoms with Crippen molar-refractivity contribution in [2.75, 3.05) is 11.9 Å². The molecule has 0 radical (unpaired) electrons. The fourth-order valence-electron chi connectivity index (χ4n) is 1.27. The summed E-state index contributed by atoms with van der Waals surface area (Å²) in [5.74, 6) is 0. The van der Waals surface area contributed by atoms with Gasteiger partial charge in [-0.25, -0.2) is 4.79 Å². The summed E-state index contributed by atoms with van der Waals surface area (Å²) in [5, 5.41) is 11.9. The van der Waals surface area contributed by atoms with E-state index in [0.29, 0.717) is 21.8 Å². The fraction of sp³-hybridized carbons (Fsp3) is 0.182. The molecule has 0 aliphatic carbocycles. The van der Waals surface area contributed by atoms with Crippen LogP contribution in [0.5, 0.6) is 0 Å². The maximum atomic E-state index is 11.2. The molecule has 94 valence electrons. The summed E-state index contributed by atoms with van der Waals surface area (Å²) in [4.78, 5) is 11.2. The first-order valence-corrected chi connectivity index (χ1v) is 6.42. The molecule has 0 spiro atoms. The molecule has 18 heavy (non-hydrogen) atoms. The minimum Gasteiger partial charge on any atom is -0.450 e. The van der Waals surface area contributed by atoms with Crippen molar-refractivity contribution in [2.45, 2.75) is 6.92 Å². The Kier molecular flexibility index (Phi) is 4.11. The molecule has 0 bridgehead atoms. The van der Waals surface area contributed by atoms with Crippen LogP contribution in [0.25, 0.3) is 10.6 Å². The number of halogens is 1. The number of ether oxygens (including phenoxy) is 1. The molecule has 0 aliphatic rings. The average Bonchev–Trinajstić information content (AvgIpc) is 2.78. The zero-order valence-electron chi connectivity index (χ0n) is 9.51. The van der Waals surface area contributed by atoms with Gasteiger partial charge < -0.3 is 4.74 Å². The van der Waals surface area contributed by atoms with Gasteiger partial charge in [0.1, 0.15) is 0 Å². The maximum Gasteiger partial charge on any atom is 0.413 e. The van der Waals surface area contributed by atoms with Crippen LogP contribution in [0.4, 0.5) is 9.93 Å². The average molecular weight is 284 g/mol. The van der Waals surface area contributed by atoms with E-state index >= 15 is 0 Å². The standard InChI is InChI=1S/C11H10ClN3O2S/c1-2-17-11(16)13-10-15-14-9(18-10)7-5-3-4-6-8(7)12/h3-6H,2H2,1H3,(H,13,15,16). The van der Waals surface area contributed by atoms with Gasteiger partial charge in [-0.05, 0) is 13.0 Å². The normalized spacial score (nSPS) is 10.1. The highest BCUT2D eigenvalue weighted by atomic mass is 35.5. The SMILES string of the molecule is CCOC(=O)Nc1nnc(-c2ccccc2Cl)s1. The largest absolute Gasteiger partial charge is 0.450 e. The molecule has 2 aromatic rings. The molecule has 0 saturated carbocycles. The molecule has 1 amide bonds. The molecular weight excluding hydrogens is 274 g/mol. The lowest BCUT2D eigenvalue weighted by Gasteiger charge is -1.99. The number of carbonyl (C=O) groups excluding carboxylic acids is 1. The molecule has 1 aromatic heterocycles. The third-order valence-electron chi connectivity index (χ3n) is 2.01. The number of rotatable bonds is 3. The quantitative estimate of drug-likeness (QED) is 0.937. The van der Waals surface area contributed by atoms with E-state index < -0.39 is 6.09 Å². The van der Waals surface area contributed by atoms with Crippen molar-refractivity contribution >= 4 is 34.2 Å². The molecule has 2 rings (SSSR count). The molecular formula is C11H10ClN3O2S. The minimum atomic E-state index is -0.542. The monoisotopic (exact) mass is 283 g/mol. The Bertz CT molecular complexity index is 559. The van der Waals surface area contributed by atoms with Gasteiger partial charge in [0.05, 0.1) is 11.6 Å². The highest BCUT2D eigenvalue weighted by molar-refractivity contribution is 7.18. The van der Waals surface area contributed by atoms with Crippen molar-refractivity contribution in [2.24, 2.45) is 0 Å². The van der Waals surface area contributed by atoms with Crippen LogP contribution in [0.3, 0.4) is 0 Å². The molecule has 7 heteroatoms. The smallest absolute Gasteiger partial charge is 0.413 e. The highest BCUT2D eigenvalue weighted by Crippen LogP contribution is 2.31. The predicted octanol–water partition coefficient (Wildman–Crippen LogP) is 3.43. The second-order valence-electron chi connectivity index (χ2n) is 3.24. The van der Waals surface area contributed by atoms with E-state index in [4.69, 9.17) is 16.3 Å². The van der Waals surface area contributed by atoms with Crippen LogP contribution >= 0.6 is 22.9 Å². The van der Waals surface area contributed by atoms with E-state index in [2.05, 4.69) is 15.5 Å². The fourth-order valence-corrected chi connectivity index (χ4v) is 2.32. The first-order valence-electron chi connectivity index (χ1n) is 5.23. The number of nitrogens with one attached hydrogen (secondary N) is 1. The predicted molar refractivity (Wildman–Crippen MR) is 71.0 cm³/mol. The minimum absolute atomic E-state index is 0.308. The molecule has 0 atom stereocenters. The molecule has 1 aromatic carbocycles. The van der Waals surface area contributed by atoms with Crippen LogP contribution in [0.2, 0.25) is 5.02 Å². The van der Waals surface area contributed by atoms with Crippen molar-refractivity contribution in [3.8, 4) is 10.6 Å². The summed E-state index contributed by atoms with van der Waals surface area (Å²) in [6.07, 6.45) is -0.542. The molecule has 0 fully saturated rings. The topological polar surface area (TPSA) is 64.1 Å². The zero-order chi connectivity index (χ0) is 13.0. The van der Waals surface area contributed by atoms with Gasteiger partial charge in [-0.1, -0.05) is 41.1 Å². The Balaban J connectivity index is 2.16. The summed E-state index contributed by atoms with van der Waals surface area (Å²) in [7, 11) is 0. The first kappa shape index (κ1) is 12.8. The van der Waals surface area contributed by atoms with Crippen LogP contribution in [-0.2, 0) is 4.74 Å². The zero-order valence-corrected chi connectivity index (χ0v) is 11.1. The van der Waals surface area contributed by atoms with E-state index in [9.17, 15) is 4.79 Å². The van der Waals surface area contributed by atoms with Gasteiger partial charge in [-0.15, -0.1) is 10.2 Å². The Morgan fingerprint density at radius 1 is 1.44 bits per heavy atom. The van der Waals surface area contributed by atoms with Crippen molar-refractivity contribution in [1.29, 1.82) is 0 Å². The van der Waals surface area contributed by atoms with Gasteiger partial charge in [0.25, 0.3) is 0 Å². The number of carbonyl (C=O) groups is 1. The Morgan fingerprint density at radius 2 is 2.22 bits per heavy atom. The van der Waals surface area contributed by atoms with Crippen molar-refractivity contribution in [1.82, 2.24) is 10.2 Å². The number of anilines is 1. The van der Waals surface area contributed by atoms with Crippen LogP contribution in [0.1, 0.15) is 6.92 Å². The second kappa shape index (κ2) is 5.79. The van der Waals surface area contributed by atoms with Gasteiger partial charge in [0.15, 0.2) is 5.01 Å². The van der Waals surface area contributed by atoms with Crippen LogP contribution in [0, 0.1) is 0 Å². The summed E-state index contributed by atoms with van der Waals surface area (Å²) in [6, 6.07) is 7.32. The van der Waals surface area contributed by atoms with Gasteiger partial charge in [-0.3, -0.25) is 5.32 Å². The molecule has 0 unspecified atom stereocenters. The van der Waals surface area contributed by atoms with E-state index in [0.717, 1.165) is 5.56 Å². The lowest BCUT2D eigenvalue weighted by molar-refractivity contribution is 0.168. The Hall–Kier alpha value is -1.66. The highest BCUT2D eigenvalue weighted by Gasteiger charge is 2.11. The van der Waals surface area contributed by atoms with Gasteiger partial charge in [0, 0.05) is 5.56 Å².